The van der Waals surface area contributed by atoms with E-state index < -0.39 is 0 Å². The van der Waals surface area contributed by atoms with Crippen LogP contribution < -0.4 is 5.73 Å². The van der Waals surface area contributed by atoms with Gasteiger partial charge in [0, 0.05) is 49.8 Å². The van der Waals surface area contributed by atoms with Crippen LogP contribution >= 0.6 is 0 Å². The van der Waals surface area contributed by atoms with Crippen molar-refractivity contribution in [2.24, 2.45) is 11.1 Å². The van der Waals surface area contributed by atoms with Crippen molar-refractivity contribution >= 4 is 0 Å². The molecule has 4 heteroatoms. The van der Waals surface area contributed by atoms with Gasteiger partial charge in [-0.25, -0.2) is 0 Å². The molecule has 0 aromatic rings. The average Bonchev–Trinajstić information content (AvgIpc) is 2.86. The second-order valence-electron chi connectivity index (χ2n) is 7.59. The predicted molar refractivity (Wildman–Crippen MR) is 81.8 cm³/mol. The molecule has 116 valence electrons. The molecule has 0 radical (unpaired) electrons. The van der Waals surface area contributed by atoms with Crippen molar-refractivity contribution in [2.75, 3.05) is 39.3 Å². The van der Waals surface area contributed by atoms with Gasteiger partial charge in [0.15, 0.2) is 0 Å². The van der Waals surface area contributed by atoms with Crippen LogP contribution in [0.2, 0.25) is 0 Å². The fourth-order valence-corrected chi connectivity index (χ4v) is 4.37. The van der Waals surface area contributed by atoms with Gasteiger partial charge in [-0.05, 0) is 32.7 Å². The zero-order valence-corrected chi connectivity index (χ0v) is 13.4. The summed E-state index contributed by atoms with van der Waals surface area (Å²) in [7, 11) is 0. The summed E-state index contributed by atoms with van der Waals surface area (Å²) in [5, 5.41) is 0. The number of hydrogen-bond acceptors (Lipinski definition) is 4. The van der Waals surface area contributed by atoms with Gasteiger partial charge < -0.3 is 10.5 Å². The van der Waals surface area contributed by atoms with Crippen LogP contribution in [0.15, 0.2) is 0 Å². The first kappa shape index (κ1) is 14.8. The second kappa shape index (κ2) is 5.24. The second-order valence-corrected chi connectivity index (χ2v) is 7.59. The van der Waals surface area contributed by atoms with Crippen LogP contribution in [-0.2, 0) is 4.74 Å². The maximum absolute atomic E-state index is 6.73. The molecular formula is C16H31N3O. The topological polar surface area (TPSA) is 41.7 Å². The standard InChI is InChI=1S/C16H31N3O/c1-4-20-14-10-16(17,15(14,2)3)12-18-8-9-19-7-5-6-13(19)11-18/h13-14H,4-12,17H2,1-3H3. The van der Waals surface area contributed by atoms with Gasteiger partial charge in [-0.1, -0.05) is 13.8 Å². The molecule has 20 heavy (non-hydrogen) atoms. The number of ether oxygens (including phenoxy) is 1. The van der Waals surface area contributed by atoms with Crippen LogP contribution in [0.3, 0.4) is 0 Å². The lowest BCUT2D eigenvalue weighted by Crippen LogP contribution is -2.74. The third kappa shape index (κ3) is 2.31. The zero-order chi connectivity index (χ0) is 14.4. The minimum atomic E-state index is -0.0758. The molecule has 0 aromatic heterocycles. The molecule has 3 atom stereocenters. The summed E-state index contributed by atoms with van der Waals surface area (Å²) in [4.78, 5) is 5.27. The summed E-state index contributed by atoms with van der Waals surface area (Å²) < 4.78 is 5.84. The first-order valence-corrected chi connectivity index (χ1v) is 8.33. The Morgan fingerprint density at radius 3 is 2.75 bits per heavy atom. The number of rotatable bonds is 4. The molecule has 3 aliphatic rings. The van der Waals surface area contributed by atoms with E-state index in [-0.39, 0.29) is 11.0 Å². The lowest BCUT2D eigenvalue weighted by molar-refractivity contribution is -0.158. The van der Waals surface area contributed by atoms with E-state index >= 15 is 0 Å². The third-order valence-electron chi connectivity index (χ3n) is 6.18. The van der Waals surface area contributed by atoms with Crippen molar-refractivity contribution in [3.05, 3.63) is 0 Å². The summed E-state index contributed by atoms with van der Waals surface area (Å²) in [5.74, 6) is 0. The Balaban J connectivity index is 1.58. The average molecular weight is 281 g/mol. The summed E-state index contributed by atoms with van der Waals surface area (Å²) in [6.07, 6.45) is 4.10. The van der Waals surface area contributed by atoms with Crippen molar-refractivity contribution in [1.29, 1.82) is 0 Å². The van der Waals surface area contributed by atoms with E-state index in [0.29, 0.717) is 6.10 Å². The van der Waals surface area contributed by atoms with E-state index in [1.54, 1.807) is 0 Å². The Bertz CT molecular complexity index is 360. The molecule has 0 spiro atoms. The highest BCUT2D eigenvalue weighted by Gasteiger charge is 2.59. The van der Waals surface area contributed by atoms with Gasteiger partial charge in [-0.3, -0.25) is 9.80 Å². The van der Waals surface area contributed by atoms with Gasteiger partial charge in [0.05, 0.1) is 6.10 Å². The number of fused-ring (bicyclic) bond motifs is 1. The van der Waals surface area contributed by atoms with E-state index in [4.69, 9.17) is 10.5 Å². The minimum absolute atomic E-state index is 0.0758. The smallest absolute Gasteiger partial charge is 0.0662 e. The molecule has 3 fully saturated rings. The number of nitrogens with zero attached hydrogens (tertiary/aromatic N) is 2. The molecule has 2 heterocycles. The zero-order valence-electron chi connectivity index (χ0n) is 13.4. The number of piperazine rings is 1. The quantitative estimate of drug-likeness (QED) is 0.843. The Morgan fingerprint density at radius 2 is 2.05 bits per heavy atom. The molecule has 1 saturated carbocycles. The van der Waals surface area contributed by atoms with Crippen molar-refractivity contribution in [2.45, 2.75) is 57.7 Å². The van der Waals surface area contributed by atoms with Crippen LogP contribution in [-0.4, -0.2) is 66.8 Å². The summed E-state index contributed by atoms with van der Waals surface area (Å²) in [5.41, 5.74) is 6.75. The van der Waals surface area contributed by atoms with Crippen LogP contribution in [0.1, 0.15) is 40.0 Å². The van der Waals surface area contributed by atoms with Crippen molar-refractivity contribution in [1.82, 2.24) is 9.80 Å². The molecule has 2 saturated heterocycles. The number of nitrogens with two attached hydrogens (primary N) is 1. The van der Waals surface area contributed by atoms with Gasteiger partial charge in [0.2, 0.25) is 0 Å². The predicted octanol–water partition coefficient (Wildman–Crippen LogP) is 1.30. The minimum Gasteiger partial charge on any atom is -0.378 e. The lowest BCUT2D eigenvalue weighted by atomic mass is 9.54. The van der Waals surface area contributed by atoms with Crippen molar-refractivity contribution < 1.29 is 4.74 Å². The van der Waals surface area contributed by atoms with Crippen LogP contribution in [0.25, 0.3) is 0 Å². The van der Waals surface area contributed by atoms with E-state index in [2.05, 4.69) is 30.6 Å². The number of hydrogen-bond donors (Lipinski definition) is 1. The third-order valence-corrected chi connectivity index (χ3v) is 6.18. The summed E-state index contributed by atoms with van der Waals surface area (Å²) in [6.45, 7) is 13.4. The molecule has 2 aliphatic heterocycles. The van der Waals surface area contributed by atoms with E-state index in [0.717, 1.165) is 25.6 Å². The first-order valence-electron chi connectivity index (χ1n) is 8.33. The van der Waals surface area contributed by atoms with Gasteiger partial charge >= 0.3 is 0 Å². The fraction of sp³-hybridized carbons (Fsp3) is 1.00. The molecule has 1 aliphatic carbocycles. The van der Waals surface area contributed by atoms with Gasteiger partial charge in [-0.15, -0.1) is 0 Å². The Kier molecular flexibility index (Phi) is 3.87. The molecule has 4 nitrogen and oxygen atoms in total. The maximum Gasteiger partial charge on any atom is 0.0662 e. The molecule has 0 aromatic carbocycles. The summed E-state index contributed by atoms with van der Waals surface area (Å²) in [6, 6.07) is 0.790. The van der Waals surface area contributed by atoms with Crippen LogP contribution in [0.4, 0.5) is 0 Å². The molecule has 3 unspecified atom stereocenters. The SMILES string of the molecule is CCOC1CC(N)(CN2CCN3CCCC3C2)C1(C)C. The lowest BCUT2D eigenvalue weighted by Gasteiger charge is -2.61. The highest BCUT2D eigenvalue weighted by atomic mass is 16.5. The highest BCUT2D eigenvalue weighted by Crippen LogP contribution is 2.50. The van der Waals surface area contributed by atoms with Gasteiger partial charge in [0.1, 0.15) is 0 Å². The molecule has 3 rings (SSSR count). The largest absolute Gasteiger partial charge is 0.378 e. The van der Waals surface area contributed by atoms with Crippen molar-refractivity contribution in [3.63, 3.8) is 0 Å². The van der Waals surface area contributed by atoms with E-state index in [9.17, 15) is 0 Å². The van der Waals surface area contributed by atoms with Crippen molar-refractivity contribution in [3.8, 4) is 0 Å². The van der Waals surface area contributed by atoms with Crippen LogP contribution in [0, 0.1) is 5.41 Å². The molecule has 0 bridgehead atoms. The van der Waals surface area contributed by atoms with Gasteiger partial charge in [-0.2, -0.15) is 0 Å². The Labute approximate surface area is 123 Å². The van der Waals surface area contributed by atoms with Gasteiger partial charge in [0.25, 0.3) is 0 Å². The Hall–Kier alpha value is -0.160. The molecule has 0 amide bonds. The first-order chi connectivity index (χ1) is 9.46. The monoisotopic (exact) mass is 281 g/mol. The van der Waals surface area contributed by atoms with E-state index in [1.165, 1.54) is 39.0 Å². The Morgan fingerprint density at radius 1 is 1.25 bits per heavy atom. The fourth-order valence-electron chi connectivity index (χ4n) is 4.37. The summed E-state index contributed by atoms with van der Waals surface area (Å²) >= 11 is 0. The maximum atomic E-state index is 6.73. The van der Waals surface area contributed by atoms with Crippen LogP contribution in [0.5, 0.6) is 0 Å². The van der Waals surface area contributed by atoms with E-state index in [1.807, 2.05) is 0 Å². The highest BCUT2D eigenvalue weighted by molar-refractivity contribution is 5.15. The molecule has 2 N–H and O–H groups in total. The molecular weight excluding hydrogens is 250 g/mol. The normalized spacial score (nSPS) is 41.4.